The second kappa shape index (κ2) is 8.35. The number of aromatic nitrogens is 1. The molecular weight excluding hydrogens is 390 g/mol. The zero-order valence-corrected chi connectivity index (χ0v) is 16.6. The molecule has 0 saturated heterocycles. The summed E-state index contributed by atoms with van der Waals surface area (Å²) in [5.74, 6) is -3.35. The van der Waals surface area contributed by atoms with Crippen molar-refractivity contribution in [3.8, 4) is 0 Å². The third kappa shape index (κ3) is 4.64. The van der Waals surface area contributed by atoms with Crippen LogP contribution in [0.2, 0.25) is 5.02 Å². The number of fused-ring (bicyclic) bond motifs is 1. The molecule has 5 nitrogen and oxygen atoms in total. The predicted molar refractivity (Wildman–Crippen MR) is 103 cm³/mol. The van der Waals surface area contributed by atoms with E-state index in [1.165, 1.54) is 0 Å². The van der Waals surface area contributed by atoms with Crippen LogP contribution < -0.4 is 5.32 Å². The fourth-order valence-corrected chi connectivity index (χ4v) is 4.06. The molecule has 0 aliphatic heterocycles. The molecule has 2 heterocycles. The lowest BCUT2D eigenvalue weighted by molar-refractivity contribution is -0.121. The van der Waals surface area contributed by atoms with Crippen molar-refractivity contribution in [1.82, 2.24) is 9.72 Å². The summed E-state index contributed by atoms with van der Waals surface area (Å²) >= 11 is 6.31. The highest BCUT2D eigenvalue weighted by Crippen LogP contribution is 2.38. The molecule has 0 aromatic carbocycles. The van der Waals surface area contributed by atoms with Gasteiger partial charge < -0.3 is 19.6 Å². The fraction of sp³-hybridized carbons (Fsp3) is 0.550. The Kier molecular flexibility index (Phi) is 6.27. The maximum absolute atomic E-state index is 13.7. The van der Waals surface area contributed by atoms with E-state index in [2.05, 4.69) is 5.32 Å². The number of hydrogen-bond donors (Lipinski definition) is 2. The number of aliphatic hydroxyl groups is 1. The minimum atomic E-state index is -2.91. The summed E-state index contributed by atoms with van der Waals surface area (Å²) in [4.78, 5) is 12.8. The van der Waals surface area contributed by atoms with Gasteiger partial charge in [-0.3, -0.25) is 4.79 Å². The molecule has 1 saturated carbocycles. The van der Waals surface area contributed by atoms with Crippen LogP contribution in [0.3, 0.4) is 0 Å². The number of hydrogen-bond acceptors (Lipinski definition) is 3. The Balaban J connectivity index is 1.79. The van der Waals surface area contributed by atoms with E-state index < -0.39 is 23.9 Å². The molecule has 0 radical (unpaired) electrons. The Labute approximate surface area is 167 Å². The lowest BCUT2D eigenvalue weighted by Gasteiger charge is -2.36. The van der Waals surface area contributed by atoms with E-state index in [0.717, 1.165) is 5.69 Å². The molecule has 1 atom stereocenters. The van der Waals surface area contributed by atoms with Crippen LogP contribution in [0.5, 0.6) is 0 Å². The molecule has 1 fully saturated rings. The molecule has 2 aromatic heterocycles. The summed E-state index contributed by atoms with van der Waals surface area (Å²) in [5.41, 5.74) is 0.158. The summed E-state index contributed by atoms with van der Waals surface area (Å²) in [6.45, 7) is 2.79. The van der Waals surface area contributed by atoms with Crippen molar-refractivity contribution in [2.75, 3.05) is 19.8 Å². The third-order valence-corrected chi connectivity index (χ3v) is 5.43. The highest BCUT2D eigenvalue weighted by atomic mass is 35.5. The minimum Gasteiger partial charge on any atom is -0.388 e. The average molecular weight is 415 g/mol. The summed E-state index contributed by atoms with van der Waals surface area (Å²) in [5, 5.41) is 13.5. The first-order valence-electron chi connectivity index (χ1n) is 9.49. The number of carbonyl (C=O) groups excluding carboxylic acids is 1. The first-order chi connectivity index (χ1) is 13.2. The van der Waals surface area contributed by atoms with E-state index in [-0.39, 0.29) is 25.8 Å². The highest BCUT2D eigenvalue weighted by Gasteiger charge is 2.44. The van der Waals surface area contributed by atoms with Gasteiger partial charge >= 0.3 is 0 Å². The number of rotatable bonds is 7. The fourth-order valence-electron chi connectivity index (χ4n) is 3.80. The SMILES string of the molecule is CCOCCc1cc(C(=O)NCC2(O)CCCC(F)(F)C2)c2c(Cl)cccn12. The lowest BCUT2D eigenvalue weighted by atomic mass is 9.82. The van der Waals surface area contributed by atoms with Gasteiger partial charge in [-0.2, -0.15) is 0 Å². The number of nitrogens with one attached hydrogen (secondary N) is 1. The highest BCUT2D eigenvalue weighted by molar-refractivity contribution is 6.34. The molecule has 28 heavy (non-hydrogen) atoms. The topological polar surface area (TPSA) is 63.0 Å². The molecule has 2 N–H and O–H groups in total. The number of nitrogens with zero attached hydrogens (tertiary/aromatic N) is 1. The predicted octanol–water partition coefficient (Wildman–Crippen LogP) is 3.84. The van der Waals surface area contributed by atoms with E-state index >= 15 is 0 Å². The zero-order valence-electron chi connectivity index (χ0n) is 15.8. The van der Waals surface area contributed by atoms with Crippen molar-refractivity contribution in [2.45, 2.75) is 50.6 Å². The zero-order chi connectivity index (χ0) is 20.4. The van der Waals surface area contributed by atoms with Gasteiger partial charge in [-0.15, -0.1) is 0 Å². The largest absolute Gasteiger partial charge is 0.388 e. The van der Waals surface area contributed by atoms with Crippen LogP contribution in [0.1, 0.15) is 48.7 Å². The third-order valence-electron chi connectivity index (χ3n) is 5.12. The van der Waals surface area contributed by atoms with Crippen LogP contribution in [0.15, 0.2) is 24.4 Å². The van der Waals surface area contributed by atoms with E-state index in [9.17, 15) is 18.7 Å². The van der Waals surface area contributed by atoms with Crippen LogP contribution in [-0.2, 0) is 11.2 Å². The Morgan fingerprint density at radius 2 is 2.21 bits per heavy atom. The molecular formula is C20H25ClF2N2O3. The van der Waals surface area contributed by atoms with Crippen LogP contribution in [0, 0.1) is 0 Å². The van der Waals surface area contributed by atoms with E-state index in [0.29, 0.717) is 35.7 Å². The van der Waals surface area contributed by atoms with Gasteiger partial charge in [-0.25, -0.2) is 8.78 Å². The van der Waals surface area contributed by atoms with Gasteiger partial charge in [0.25, 0.3) is 11.8 Å². The molecule has 3 rings (SSSR count). The minimum absolute atomic E-state index is 0.224. The number of pyridine rings is 1. The smallest absolute Gasteiger partial charge is 0.253 e. The maximum atomic E-state index is 13.7. The van der Waals surface area contributed by atoms with Crippen molar-refractivity contribution in [3.05, 3.63) is 40.7 Å². The van der Waals surface area contributed by atoms with Crippen LogP contribution in [0.25, 0.3) is 5.52 Å². The molecule has 1 unspecified atom stereocenters. The Hall–Kier alpha value is -1.70. The van der Waals surface area contributed by atoms with Crippen molar-refractivity contribution in [3.63, 3.8) is 0 Å². The number of carbonyl (C=O) groups is 1. The normalized spacial score (nSPS) is 21.8. The Morgan fingerprint density at radius 3 is 2.93 bits per heavy atom. The van der Waals surface area contributed by atoms with Gasteiger partial charge in [0.2, 0.25) is 0 Å². The molecule has 0 bridgehead atoms. The van der Waals surface area contributed by atoms with Crippen LogP contribution in [-0.4, -0.2) is 46.7 Å². The molecule has 2 aromatic rings. The van der Waals surface area contributed by atoms with Crippen molar-refractivity contribution < 1.29 is 23.4 Å². The lowest BCUT2D eigenvalue weighted by Crippen LogP contribution is -2.49. The Bertz CT molecular complexity index is 855. The van der Waals surface area contributed by atoms with Crippen LogP contribution >= 0.6 is 11.6 Å². The molecule has 1 aliphatic carbocycles. The van der Waals surface area contributed by atoms with Crippen LogP contribution in [0.4, 0.5) is 8.78 Å². The van der Waals surface area contributed by atoms with E-state index in [1.54, 1.807) is 18.2 Å². The molecule has 0 spiro atoms. The molecule has 154 valence electrons. The summed E-state index contributed by atoms with van der Waals surface area (Å²) in [7, 11) is 0. The van der Waals surface area contributed by atoms with Crippen molar-refractivity contribution >= 4 is 23.0 Å². The summed E-state index contributed by atoms with van der Waals surface area (Å²) in [6, 6.07) is 5.21. The summed E-state index contributed by atoms with van der Waals surface area (Å²) in [6.07, 6.45) is 2.00. The Morgan fingerprint density at radius 1 is 1.43 bits per heavy atom. The quantitative estimate of drug-likeness (QED) is 0.676. The van der Waals surface area contributed by atoms with Crippen molar-refractivity contribution in [1.29, 1.82) is 0 Å². The molecule has 1 amide bonds. The van der Waals surface area contributed by atoms with Gasteiger partial charge in [-0.05, 0) is 38.0 Å². The maximum Gasteiger partial charge on any atom is 0.253 e. The monoisotopic (exact) mass is 414 g/mol. The number of alkyl halides is 2. The van der Waals surface area contributed by atoms with Gasteiger partial charge in [0, 0.05) is 44.3 Å². The van der Waals surface area contributed by atoms with Gasteiger partial charge in [0.05, 0.1) is 28.3 Å². The van der Waals surface area contributed by atoms with Gasteiger partial charge in [-0.1, -0.05) is 11.6 Å². The molecule has 8 heteroatoms. The second-order valence-electron chi connectivity index (χ2n) is 7.36. The van der Waals surface area contributed by atoms with Crippen molar-refractivity contribution in [2.24, 2.45) is 0 Å². The van der Waals surface area contributed by atoms with Gasteiger partial charge in [0.15, 0.2) is 0 Å². The van der Waals surface area contributed by atoms with Gasteiger partial charge in [0.1, 0.15) is 0 Å². The first-order valence-corrected chi connectivity index (χ1v) is 9.87. The number of ether oxygens (including phenoxy) is 1. The standard InChI is InChI=1S/C20H25ClF2N2O3/c1-2-28-10-6-14-11-15(17-16(21)5-3-9-25(14)17)18(26)24-13-19(27)7-4-8-20(22,23)12-19/h3,5,9,11,27H,2,4,6-8,10,12-13H2,1H3,(H,24,26). The van der Waals surface area contributed by atoms with E-state index in [1.807, 2.05) is 17.5 Å². The average Bonchev–Trinajstić information content (AvgIpc) is 2.99. The number of halogens is 3. The first kappa shape index (κ1) is 21.0. The van der Waals surface area contributed by atoms with E-state index in [4.69, 9.17) is 16.3 Å². The number of amides is 1. The summed E-state index contributed by atoms with van der Waals surface area (Å²) < 4.78 is 34.5. The second-order valence-corrected chi connectivity index (χ2v) is 7.77. The molecule has 1 aliphatic rings.